The van der Waals surface area contributed by atoms with E-state index in [0.717, 1.165) is 11.1 Å². The molecule has 7 heteroatoms. The highest BCUT2D eigenvalue weighted by atomic mass is 32.2. The lowest BCUT2D eigenvalue weighted by molar-refractivity contribution is -0.126. The molecule has 1 saturated heterocycles. The minimum absolute atomic E-state index is 0.00709. The summed E-state index contributed by atoms with van der Waals surface area (Å²) < 4.78 is 26.9. The van der Waals surface area contributed by atoms with Crippen molar-refractivity contribution in [1.29, 1.82) is 0 Å². The zero-order valence-electron chi connectivity index (χ0n) is 14.8. The summed E-state index contributed by atoms with van der Waals surface area (Å²) in [7, 11) is -0.334. The maximum Gasteiger partial charge on any atom is 0.281 e. The molecule has 1 aliphatic heterocycles. The van der Waals surface area contributed by atoms with Gasteiger partial charge < -0.3 is 5.32 Å². The maximum absolute atomic E-state index is 12.5. The first kappa shape index (κ1) is 18.9. The normalized spacial score (nSPS) is 18.5. The van der Waals surface area contributed by atoms with E-state index in [1.54, 1.807) is 0 Å². The van der Waals surface area contributed by atoms with E-state index in [4.69, 9.17) is 0 Å². The molecule has 0 aliphatic carbocycles. The highest BCUT2D eigenvalue weighted by Gasteiger charge is 2.32. The quantitative estimate of drug-likeness (QED) is 0.876. The SMILES string of the molecule is Cc1ccccc1C(C)NC(=O)C1CCN(S(=O)(=O)N(C)C)CC1. The van der Waals surface area contributed by atoms with Crippen LogP contribution in [0.5, 0.6) is 0 Å². The number of nitrogens with zero attached hydrogens (tertiary/aromatic N) is 2. The Morgan fingerprint density at radius 2 is 1.83 bits per heavy atom. The molecule has 0 saturated carbocycles. The summed E-state index contributed by atoms with van der Waals surface area (Å²) in [6.45, 7) is 4.78. The molecule has 0 spiro atoms. The van der Waals surface area contributed by atoms with E-state index in [-0.39, 0.29) is 17.9 Å². The van der Waals surface area contributed by atoms with Gasteiger partial charge >= 0.3 is 0 Å². The highest BCUT2D eigenvalue weighted by molar-refractivity contribution is 7.86. The van der Waals surface area contributed by atoms with Gasteiger partial charge in [-0.1, -0.05) is 24.3 Å². The molecule has 0 radical (unpaired) electrons. The van der Waals surface area contributed by atoms with E-state index in [9.17, 15) is 13.2 Å². The molecule has 1 amide bonds. The molecule has 0 aromatic heterocycles. The van der Waals surface area contributed by atoms with Crippen molar-refractivity contribution >= 4 is 16.1 Å². The zero-order chi connectivity index (χ0) is 17.9. The fraction of sp³-hybridized carbons (Fsp3) is 0.588. The highest BCUT2D eigenvalue weighted by Crippen LogP contribution is 2.23. The van der Waals surface area contributed by atoms with Gasteiger partial charge in [0.15, 0.2) is 0 Å². The lowest BCUT2D eigenvalue weighted by Gasteiger charge is -2.32. The lowest BCUT2D eigenvalue weighted by Crippen LogP contribution is -2.47. The second-order valence-electron chi connectivity index (χ2n) is 6.55. The third kappa shape index (κ3) is 4.15. The smallest absolute Gasteiger partial charge is 0.281 e. The van der Waals surface area contributed by atoms with Gasteiger partial charge in [0.25, 0.3) is 10.2 Å². The summed E-state index contributed by atoms with van der Waals surface area (Å²) >= 11 is 0. The molecule has 1 unspecified atom stereocenters. The average molecular weight is 353 g/mol. The molecule has 1 aromatic carbocycles. The predicted octanol–water partition coefficient (Wildman–Crippen LogP) is 1.69. The fourth-order valence-corrected chi connectivity index (χ4v) is 4.20. The molecule has 6 nitrogen and oxygen atoms in total. The van der Waals surface area contributed by atoms with Gasteiger partial charge in [-0.2, -0.15) is 17.0 Å². The molecular weight excluding hydrogens is 326 g/mol. The van der Waals surface area contributed by atoms with E-state index < -0.39 is 10.2 Å². The monoisotopic (exact) mass is 353 g/mol. The minimum atomic E-state index is -3.39. The summed E-state index contributed by atoms with van der Waals surface area (Å²) in [5, 5.41) is 3.07. The molecular formula is C17H27N3O3S. The molecule has 24 heavy (non-hydrogen) atoms. The maximum atomic E-state index is 12.5. The number of amides is 1. The average Bonchev–Trinajstić information content (AvgIpc) is 2.55. The van der Waals surface area contributed by atoms with Crippen LogP contribution in [0.4, 0.5) is 0 Å². The van der Waals surface area contributed by atoms with Crippen LogP contribution in [0.1, 0.15) is 36.9 Å². The third-order valence-corrected chi connectivity index (χ3v) is 6.57. The number of aryl methyl sites for hydroxylation is 1. The Balaban J connectivity index is 1.93. The molecule has 1 N–H and O–H groups in total. The van der Waals surface area contributed by atoms with Crippen LogP contribution in [-0.4, -0.2) is 50.1 Å². The van der Waals surface area contributed by atoms with Gasteiger partial charge in [-0.25, -0.2) is 0 Å². The number of carbonyl (C=O) groups excluding carboxylic acids is 1. The standard InChI is InChI=1S/C17H27N3O3S/c1-13-7-5-6-8-16(13)14(2)18-17(21)15-9-11-20(12-10-15)24(22,23)19(3)4/h5-8,14-15H,9-12H2,1-4H3,(H,18,21). The van der Waals surface area contributed by atoms with Crippen molar-refractivity contribution in [3.63, 3.8) is 0 Å². The largest absolute Gasteiger partial charge is 0.349 e. The van der Waals surface area contributed by atoms with Crippen LogP contribution in [0, 0.1) is 12.8 Å². The molecule has 1 aromatic rings. The van der Waals surface area contributed by atoms with E-state index >= 15 is 0 Å². The number of hydrogen-bond acceptors (Lipinski definition) is 3. The zero-order valence-corrected chi connectivity index (χ0v) is 15.6. The molecule has 1 atom stereocenters. The van der Waals surface area contributed by atoms with Crippen molar-refractivity contribution in [3.05, 3.63) is 35.4 Å². The van der Waals surface area contributed by atoms with Gasteiger partial charge in [0.2, 0.25) is 5.91 Å². The van der Waals surface area contributed by atoms with Gasteiger partial charge in [-0.3, -0.25) is 4.79 Å². The van der Waals surface area contributed by atoms with Gasteiger partial charge in [0, 0.05) is 33.1 Å². The second kappa shape index (κ2) is 7.63. The topological polar surface area (TPSA) is 69.7 Å². The second-order valence-corrected chi connectivity index (χ2v) is 8.69. The third-order valence-electron chi connectivity index (χ3n) is 4.63. The van der Waals surface area contributed by atoms with E-state index in [1.165, 1.54) is 22.7 Å². The first-order valence-corrected chi connectivity index (χ1v) is 9.66. The van der Waals surface area contributed by atoms with Gasteiger partial charge in [-0.15, -0.1) is 0 Å². The fourth-order valence-electron chi connectivity index (χ4n) is 3.06. The summed E-state index contributed by atoms with van der Waals surface area (Å²) in [6.07, 6.45) is 1.11. The summed E-state index contributed by atoms with van der Waals surface area (Å²) in [6, 6.07) is 7.95. The molecule has 1 fully saturated rings. The van der Waals surface area contributed by atoms with E-state index in [0.29, 0.717) is 25.9 Å². The first-order valence-electron chi connectivity index (χ1n) is 8.27. The van der Waals surface area contributed by atoms with E-state index in [1.807, 2.05) is 38.1 Å². The Bertz CT molecular complexity index is 680. The Hall–Kier alpha value is -1.44. The Labute approximate surface area is 145 Å². The summed E-state index contributed by atoms with van der Waals surface area (Å²) in [5.74, 6) is -0.127. The van der Waals surface area contributed by atoms with Crippen molar-refractivity contribution in [1.82, 2.24) is 13.9 Å². The molecule has 1 aliphatic rings. The number of hydrogen-bond donors (Lipinski definition) is 1. The van der Waals surface area contributed by atoms with Crippen LogP contribution in [-0.2, 0) is 15.0 Å². The number of piperidine rings is 1. The van der Waals surface area contributed by atoms with Crippen LogP contribution >= 0.6 is 0 Å². The number of carbonyl (C=O) groups is 1. The van der Waals surface area contributed by atoms with Crippen molar-refractivity contribution < 1.29 is 13.2 Å². The summed E-state index contributed by atoms with van der Waals surface area (Å²) in [4.78, 5) is 12.5. The summed E-state index contributed by atoms with van der Waals surface area (Å²) in [5.41, 5.74) is 2.26. The molecule has 0 bridgehead atoms. The number of rotatable bonds is 5. The number of benzene rings is 1. The van der Waals surface area contributed by atoms with Crippen LogP contribution in [0.3, 0.4) is 0 Å². The molecule has 1 heterocycles. The van der Waals surface area contributed by atoms with Crippen LogP contribution in [0.25, 0.3) is 0 Å². The van der Waals surface area contributed by atoms with Crippen LogP contribution in [0.2, 0.25) is 0 Å². The van der Waals surface area contributed by atoms with Crippen LogP contribution < -0.4 is 5.32 Å². The minimum Gasteiger partial charge on any atom is -0.349 e. The Morgan fingerprint density at radius 3 is 2.38 bits per heavy atom. The first-order chi connectivity index (χ1) is 11.2. The predicted molar refractivity (Wildman–Crippen MR) is 94.6 cm³/mol. The van der Waals surface area contributed by atoms with Crippen LogP contribution in [0.15, 0.2) is 24.3 Å². The van der Waals surface area contributed by atoms with Crippen molar-refractivity contribution in [3.8, 4) is 0 Å². The van der Waals surface area contributed by atoms with Crippen molar-refractivity contribution in [2.75, 3.05) is 27.2 Å². The molecule has 134 valence electrons. The van der Waals surface area contributed by atoms with Gasteiger partial charge in [0.1, 0.15) is 0 Å². The van der Waals surface area contributed by atoms with Crippen molar-refractivity contribution in [2.45, 2.75) is 32.7 Å². The number of nitrogens with one attached hydrogen (secondary N) is 1. The van der Waals surface area contributed by atoms with E-state index in [2.05, 4.69) is 5.32 Å². The lowest BCUT2D eigenvalue weighted by atomic mass is 9.96. The van der Waals surface area contributed by atoms with Gasteiger partial charge in [0.05, 0.1) is 6.04 Å². The Morgan fingerprint density at radius 1 is 1.25 bits per heavy atom. The van der Waals surface area contributed by atoms with Gasteiger partial charge in [-0.05, 0) is 37.8 Å². The molecule has 2 rings (SSSR count). The van der Waals surface area contributed by atoms with Crippen molar-refractivity contribution in [2.24, 2.45) is 5.92 Å². The Kier molecular flexibility index (Phi) is 6.01.